The third kappa shape index (κ3) is 3.23. The van der Waals surface area contributed by atoms with Crippen LogP contribution in [0.3, 0.4) is 0 Å². The van der Waals surface area contributed by atoms with Gasteiger partial charge >= 0.3 is 0 Å². The number of hydrogen-bond donors (Lipinski definition) is 2. The van der Waals surface area contributed by atoms with E-state index in [0.29, 0.717) is 24.3 Å². The van der Waals surface area contributed by atoms with Crippen LogP contribution in [-0.4, -0.2) is 17.4 Å². The summed E-state index contributed by atoms with van der Waals surface area (Å²) >= 11 is 0. The minimum atomic E-state index is -0.436. The van der Waals surface area contributed by atoms with Gasteiger partial charge in [0.15, 0.2) is 0 Å². The second-order valence-electron chi connectivity index (χ2n) is 3.33. The molecule has 1 rings (SSSR count). The lowest BCUT2D eigenvalue weighted by Crippen LogP contribution is -2.13. The fourth-order valence-electron chi connectivity index (χ4n) is 1.20. The monoisotopic (exact) mass is 223 g/mol. The van der Waals surface area contributed by atoms with Gasteiger partial charge in [-0.3, -0.25) is 15.5 Å². The Kier molecular flexibility index (Phi) is 3.82. The highest BCUT2D eigenvalue weighted by molar-refractivity contribution is 5.76. The van der Waals surface area contributed by atoms with Gasteiger partial charge in [-0.05, 0) is 19.1 Å². The smallest absolute Gasteiger partial charge is 0.272 e. The Balaban J connectivity index is 2.66. The van der Waals surface area contributed by atoms with Crippen LogP contribution in [0.4, 0.5) is 5.69 Å². The standard InChI is InChI=1S/C10H13N3O3/c1-7-6-8(16-5-4-10(11)12)2-3-9(7)13(14)15/h2-3,6H,4-5H2,1H3,(H3,11,12). The SMILES string of the molecule is Cc1cc(OCCC(=N)N)ccc1[N+](=O)[O-]. The van der Waals surface area contributed by atoms with Crippen LogP contribution in [0, 0.1) is 22.4 Å². The lowest BCUT2D eigenvalue weighted by Gasteiger charge is -2.06. The number of nitrogens with one attached hydrogen (secondary N) is 1. The van der Waals surface area contributed by atoms with Gasteiger partial charge in [-0.1, -0.05) is 0 Å². The molecular weight excluding hydrogens is 210 g/mol. The lowest BCUT2D eigenvalue weighted by molar-refractivity contribution is -0.385. The predicted molar refractivity (Wildman–Crippen MR) is 59.9 cm³/mol. The average Bonchev–Trinajstić information content (AvgIpc) is 2.16. The maximum Gasteiger partial charge on any atom is 0.272 e. The number of amidine groups is 1. The topological polar surface area (TPSA) is 102 Å². The maximum atomic E-state index is 10.6. The highest BCUT2D eigenvalue weighted by Gasteiger charge is 2.10. The summed E-state index contributed by atoms with van der Waals surface area (Å²) in [5.74, 6) is 0.600. The van der Waals surface area contributed by atoms with Crippen molar-refractivity contribution in [2.75, 3.05) is 6.61 Å². The number of nitro groups is 1. The molecule has 1 aromatic rings. The Morgan fingerprint density at radius 3 is 2.81 bits per heavy atom. The molecule has 0 saturated carbocycles. The summed E-state index contributed by atoms with van der Waals surface area (Å²) in [4.78, 5) is 10.1. The van der Waals surface area contributed by atoms with Crippen molar-refractivity contribution in [1.29, 1.82) is 5.41 Å². The summed E-state index contributed by atoms with van der Waals surface area (Å²) in [7, 11) is 0. The largest absolute Gasteiger partial charge is 0.493 e. The van der Waals surface area contributed by atoms with Gasteiger partial charge in [0.2, 0.25) is 0 Å². The third-order valence-electron chi connectivity index (χ3n) is 2.01. The molecule has 0 amide bonds. The first-order chi connectivity index (χ1) is 7.50. The summed E-state index contributed by atoms with van der Waals surface area (Å²) in [6.45, 7) is 1.95. The second kappa shape index (κ2) is 5.11. The van der Waals surface area contributed by atoms with Gasteiger partial charge in [0.1, 0.15) is 5.75 Å². The van der Waals surface area contributed by atoms with Crippen molar-refractivity contribution in [3.63, 3.8) is 0 Å². The van der Waals surface area contributed by atoms with Crippen molar-refractivity contribution >= 4 is 11.5 Å². The van der Waals surface area contributed by atoms with E-state index in [1.807, 2.05) is 0 Å². The summed E-state index contributed by atoms with van der Waals surface area (Å²) < 4.78 is 5.29. The number of benzene rings is 1. The predicted octanol–water partition coefficient (Wildman–Crippen LogP) is 1.61. The van der Waals surface area contributed by atoms with Gasteiger partial charge < -0.3 is 10.5 Å². The number of aryl methyl sites for hydroxylation is 1. The molecule has 0 bridgehead atoms. The Morgan fingerprint density at radius 2 is 2.31 bits per heavy atom. The average molecular weight is 223 g/mol. The number of rotatable bonds is 5. The Labute approximate surface area is 92.7 Å². The van der Waals surface area contributed by atoms with Crippen LogP contribution in [-0.2, 0) is 0 Å². The summed E-state index contributed by atoms with van der Waals surface area (Å²) in [5.41, 5.74) is 5.78. The van der Waals surface area contributed by atoms with Crippen LogP contribution >= 0.6 is 0 Å². The zero-order chi connectivity index (χ0) is 12.1. The van der Waals surface area contributed by atoms with Crippen molar-refractivity contribution < 1.29 is 9.66 Å². The first kappa shape index (κ1) is 12.0. The van der Waals surface area contributed by atoms with Crippen LogP contribution in [0.2, 0.25) is 0 Å². The minimum absolute atomic E-state index is 0.0543. The van der Waals surface area contributed by atoms with Gasteiger partial charge in [0, 0.05) is 18.1 Å². The minimum Gasteiger partial charge on any atom is -0.493 e. The van der Waals surface area contributed by atoms with E-state index in [2.05, 4.69) is 0 Å². The van der Waals surface area contributed by atoms with Crippen molar-refractivity contribution in [1.82, 2.24) is 0 Å². The molecule has 0 aliphatic carbocycles. The Bertz CT molecular complexity index is 418. The van der Waals surface area contributed by atoms with Crippen molar-refractivity contribution in [3.8, 4) is 5.75 Å². The molecular formula is C10H13N3O3. The van der Waals surface area contributed by atoms with E-state index in [1.165, 1.54) is 12.1 Å². The molecule has 0 saturated heterocycles. The number of ether oxygens (including phenoxy) is 1. The molecule has 0 aliphatic rings. The van der Waals surface area contributed by atoms with E-state index < -0.39 is 4.92 Å². The molecule has 0 aromatic heterocycles. The molecule has 6 heteroatoms. The zero-order valence-electron chi connectivity index (χ0n) is 8.90. The number of nitrogens with two attached hydrogens (primary N) is 1. The quantitative estimate of drug-likeness (QED) is 0.342. The van der Waals surface area contributed by atoms with Crippen LogP contribution < -0.4 is 10.5 Å². The van der Waals surface area contributed by atoms with Crippen molar-refractivity contribution in [2.45, 2.75) is 13.3 Å². The molecule has 0 heterocycles. The van der Waals surface area contributed by atoms with Crippen LogP contribution in [0.5, 0.6) is 5.75 Å². The van der Waals surface area contributed by atoms with E-state index in [0.717, 1.165) is 0 Å². The second-order valence-corrected chi connectivity index (χ2v) is 3.33. The van der Waals surface area contributed by atoms with E-state index in [1.54, 1.807) is 13.0 Å². The zero-order valence-corrected chi connectivity index (χ0v) is 8.90. The highest BCUT2D eigenvalue weighted by Crippen LogP contribution is 2.22. The van der Waals surface area contributed by atoms with Gasteiger partial charge in [-0.25, -0.2) is 0 Å². The van der Waals surface area contributed by atoms with Gasteiger partial charge in [0.05, 0.1) is 17.4 Å². The van der Waals surface area contributed by atoms with Crippen LogP contribution in [0.25, 0.3) is 0 Å². The first-order valence-electron chi connectivity index (χ1n) is 4.71. The molecule has 1 aromatic carbocycles. The first-order valence-corrected chi connectivity index (χ1v) is 4.71. The molecule has 0 aliphatic heterocycles. The molecule has 6 nitrogen and oxygen atoms in total. The molecule has 0 fully saturated rings. The number of nitrogens with zero attached hydrogens (tertiary/aromatic N) is 1. The molecule has 3 N–H and O–H groups in total. The molecule has 0 radical (unpaired) electrons. The third-order valence-corrected chi connectivity index (χ3v) is 2.01. The molecule has 16 heavy (non-hydrogen) atoms. The van der Waals surface area contributed by atoms with Crippen LogP contribution in [0.1, 0.15) is 12.0 Å². The number of hydrogen-bond acceptors (Lipinski definition) is 4. The van der Waals surface area contributed by atoms with E-state index in [4.69, 9.17) is 15.9 Å². The van der Waals surface area contributed by atoms with Gasteiger partial charge in [-0.2, -0.15) is 0 Å². The lowest BCUT2D eigenvalue weighted by atomic mass is 10.2. The van der Waals surface area contributed by atoms with Gasteiger partial charge in [0.25, 0.3) is 5.69 Å². The molecule has 86 valence electrons. The molecule has 0 atom stereocenters. The Hall–Kier alpha value is -2.11. The molecule has 0 spiro atoms. The fraction of sp³-hybridized carbons (Fsp3) is 0.300. The summed E-state index contributed by atoms with van der Waals surface area (Å²) in [6.07, 6.45) is 0.343. The fourth-order valence-corrected chi connectivity index (χ4v) is 1.20. The van der Waals surface area contributed by atoms with E-state index in [-0.39, 0.29) is 11.5 Å². The Morgan fingerprint density at radius 1 is 1.62 bits per heavy atom. The van der Waals surface area contributed by atoms with E-state index >= 15 is 0 Å². The summed E-state index contributed by atoms with van der Waals surface area (Å²) in [5, 5.41) is 17.6. The summed E-state index contributed by atoms with van der Waals surface area (Å²) in [6, 6.07) is 4.53. The molecule has 0 unspecified atom stereocenters. The van der Waals surface area contributed by atoms with Crippen molar-refractivity contribution in [3.05, 3.63) is 33.9 Å². The normalized spacial score (nSPS) is 9.81. The van der Waals surface area contributed by atoms with Gasteiger partial charge in [-0.15, -0.1) is 0 Å². The maximum absolute atomic E-state index is 10.6. The number of nitro benzene ring substituents is 1. The van der Waals surface area contributed by atoms with Crippen molar-refractivity contribution in [2.24, 2.45) is 5.73 Å². The van der Waals surface area contributed by atoms with E-state index in [9.17, 15) is 10.1 Å². The highest BCUT2D eigenvalue weighted by atomic mass is 16.6. The van der Waals surface area contributed by atoms with Crippen LogP contribution in [0.15, 0.2) is 18.2 Å².